The van der Waals surface area contributed by atoms with Crippen molar-refractivity contribution in [3.8, 4) is 0 Å². The van der Waals surface area contributed by atoms with Crippen molar-refractivity contribution in [1.29, 1.82) is 0 Å². The fraction of sp³-hybridized carbons (Fsp3) is 0.389. The van der Waals surface area contributed by atoms with Gasteiger partial charge in [-0.15, -0.1) is 0 Å². The van der Waals surface area contributed by atoms with Gasteiger partial charge in [0.15, 0.2) is 11.2 Å². The molecule has 2 aromatic heterocycles. The van der Waals surface area contributed by atoms with Crippen molar-refractivity contribution in [1.82, 2.24) is 24.4 Å². The van der Waals surface area contributed by atoms with E-state index < -0.39 is 5.69 Å². The summed E-state index contributed by atoms with van der Waals surface area (Å²) in [5, 5.41) is 3.33. The van der Waals surface area contributed by atoms with Gasteiger partial charge in [-0.25, -0.2) is 4.79 Å². The zero-order valence-corrected chi connectivity index (χ0v) is 14.7. The van der Waals surface area contributed by atoms with Crippen LogP contribution >= 0.6 is 0 Å². The minimum atomic E-state index is -0.443. The summed E-state index contributed by atoms with van der Waals surface area (Å²) in [5.74, 6) is 0.754. The van der Waals surface area contributed by atoms with Crippen LogP contribution in [0, 0.1) is 0 Å². The lowest BCUT2D eigenvalue weighted by Crippen LogP contribution is -2.44. The van der Waals surface area contributed by atoms with Gasteiger partial charge in [-0.3, -0.25) is 14.3 Å². The highest BCUT2D eigenvalue weighted by Gasteiger charge is 2.22. The van der Waals surface area contributed by atoms with Gasteiger partial charge in [-0.05, 0) is 12.0 Å². The maximum atomic E-state index is 12.5. The molecule has 1 aromatic carbocycles. The zero-order valence-electron chi connectivity index (χ0n) is 14.7. The smallest absolute Gasteiger partial charge is 0.329 e. The van der Waals surface area contributed by atoms with Crippen LogP contribution in [0.25, 0.3) is 11.2 Å². The highest BCUT2D eigenvalue weighted by atomic mass is 16.2. The van der Waals surface area contributed by atoms with E-state index in [1.54, 1.807) is 7.05 Å². The van der Waals surface area contributed by atoms with Gasteiger partial charge >= 0.3 is 5.69 Å². The SMILES string of the molecule is Cn1c(=O)[nH]c(=O)c2c1nc(N1CCNCC1)n2CCc1ccccc1. The van der Waals surface area contributed by atoms with Gasteiger partial charge in [0, 0.05) is 39.8 Å². The molecule has 8 heteroatoms. The molecule has 3 aromatic rings. The molecule has 136 valence electrons. The van der Waals surface area contributed by atoms with E-state index in [2.05, 4.69) is 32.3 Å². The van der Waals surface area contributed by atoms with Crippen LogP contribution in [0.4, 0.5) is 5.95 Å². The van der Waals surface area contributed by atoms with Gasteiger partial charge in [0.25, 0.3) is 5.56 Å². The van der Waals surface area contributed by atoms with Crippen LogP contribution in [0.15, 0.2) is 39.9 Å². The molecule has 1 saturated heterocycles. The summed E-state index contributed by atoms with van der Waals surface area (Å²) >= 11 is 0. The second kappa shape index (κ2) is 6.80. The predicted octanol–water partition coefficient (Wildman–Crippen LogP) is 0.0756. The average molecular weight is 354 g/mol. The molecule has 0 spiro atoms. The maximum Gasteiger partial charge on any atom is 0.329 e. The van der Waals surface area contributed by atoms with E-state index in [0.29, 0.717) is 17.7 Å². The molecule has 0 unspecified atom stereocenters. The molecule has 0 aliphatic carbocycles. The zero-order chi connectivity index (χ0) is 18.1. The third-order valence-electron chi connectivity index (χ3n) is 4.85. The topological polar surface area (TPSA) is 87.9 Å². The minimum Gasteiger partial charge on any atom is -0.340 e. The molecule has 0 amide bonds. The Morgan fingerprint density at radius 1 is 1.12 bits per heavy atom. The fourth-order valence-electron chi connectivity index (χ4n) is 3.43. The monoisotopic (exact) mass is 354 g/mol. The van der Waals surface area contributed by atoms with Crippen molar-refractivity contribution in [2.24, 2.45) is 7.05 Å². The van der Waals surface area contributed by atoms with Gasteiger partial charge < -0.3 is 14.8 Å². The number of H-pyrrole nitrogens is 1. The lowest BCUT2D eigenvalue weighted by molar-refractivity contribution is 0.566. The van der Waals surface area contributed by atoms with Crippen LogP contribution in [0.3, 0.4) is 0 Å². The van der Waals surface area contributed by atoms with E-state index in [9.17, 15) is 9.59 Å². The number of aryl methyl sites for hydroxylation is 3. The summed E-state index contributed by atoms with van der Waals surface area (Å²) in [4.78, 5) is 33.7. The molecule has 8 nitrogen and oxygen atoms in total. The quantitative estimate of drug-likeness (QED) is 0.693. The van der Waals surface area contributed by atoms with Crippen molar-refractivity contribution < 1.29 is 0 Å². The van der Waals surface area contributed by atoms with Gasteiger partial charge in [-0.2, -0.15) is 4.98 Å². The van der Waals surface area contributed by atoms with Crippen LogP contribution < -0.4 is 21.5 Å². The normalized spacial score (nSPS) is 14.9. The lowest BCUT2D eigenvalue weighted by atomic mass is 10.1. The summed E-state index contributed by atoms with van der Waals surface area (Å²) in [5.41, 5.74) is 1.26. The molecule has 3 heterocycles. The number of anilines is 1. The van der Waals surface area contributed by atoms with Crippen LogP contribution in [-0.4, -0.2) is 45.3 Å². The fourth-order valence-corrected chi connectivity index (χ4v) is 3.43. The number of fused-ring (bicyclic) bond motifs is 1. The Hall–Kier alpha value is -2.87. The van der Waals surface area contributed by atoms with Crippen LogP contribution in [0.1, 0.15) is 5.56 Å². The number of piperazine rings is 1. The van der Waals surface area contributed by atoms with E-state index in [0.717, 1.165) is 38.5 Å². The Bertz CT molecular complexity index is 1030. The molecule has 0 bridgehead atoms. The third kappa shape index (κ3) is 2.92. The number of aromatic nitrogens is 4. The summed E-state index contributed by atoms with van der Waals surface area (Å²) in [7, 11) is 1.64. The third-order valence-corrected chi connectivity index (χ3v) is 4.85. The van der Waals surface area contributed by atoms with E-state index >= 15 is 0 Å². The molecule has 4 rings (SSSR count). The van der Waals surface area contributed by atoms with Crippen LogP contribution in [0.5, 0.6) is 0 Å². The molecule has 26 heavy (non-hydrogen) atoms. The number of benzene rings is 1. The Kier molecular flexibility index (Phi) is 4.34. The molecule has 2 N–H and O–H groups in total. The van der Waals surface area contributed by atoms with Gasteiger partial charge in [0.1, 0.15) is 0 Å². The molecule has 0 saturated carbocycles. The Labute approximate surface area is 150 Å². The first-order valence-electron chi connectivity index (χ1n) is 8.84. The standard InChI is InChI=1S/C18H22N6O2/c1-22-15-14(16(25)21-18(22)26)24(10-7-13-5-3-2-4-6-13)17(20-15)23-11-8-19-9-12-23/h2-6,19H,7-12H2,1H3,(H,21,25,26). The Balaban J connectivity index is 1.82. The summed E-state index contributed by atoms with van der Waals surface area (Å²) in [6, 6.07) is 10.2. The average Bonchev–Trinajstić information content (AvgIpc) is 3.06. The van der Waals surface area contributed by atoms with Crippen LogP contribution in [-0.2, 0) is 20.0 Å². The van der Waals surface area contributed by atoms with Crippen molar-refractivity contribution in [2.45, 2.75) is 13.0 Å². The van der Waals surface area contributed by atoms with Crippen molar-refractivity contribution in [3.63, 3.8) is 0 Å². The largest absolute Gasteiger partial charge is 0.340 e. The minimum absolute atomic E-state index is 0.384. The maximum absolute atomic E-state index is 12.5. The van der Waals surface area contributed by atoms with Crippen molar-refractivity contribution in [2.75, 3.05) is 31.1 Å². The van der Waals surface area contributed by atoms with Crippen molar-refractivity contribution >= 4 is 17.1 Å². The molecule has 1 aliphatic heterocycles. The first-order valence-corrected chi connectivity index (χ1v) is 8.84. The number of rotatable bonds is 4. The number of hydrogen-bond donors (Lipinski definition) is 2. The highest BCUT2D eigenvalue weighted by Crippen LogP contribution is 2.20. The molecular formula is C18H22N6O2. The highest BCUT2D eigenvalue weighted by molar-refractivity contribution is 5.74. The Morgan fingerprint density at radius 3 is 2.58 bits per heavy atom. The summed E-state index contributed by atoms with van der Waals surface area (Å²) < 4.78 is 3.35. The lowest BCUT2D eigenvalue weighted by Gasteiger charge is -2.28. The number of aromatic amines is 1. The first-order chi connectivity index (χ1) is 12.6. The number of imidazole rings is 1. The van der Waals surface area contributed by atoms with E-state index in [4.69, 9.17) is 0 Å². The number of nitrogens with zero attached hydrogens (tertiary/aromatic N) is 4. The second-order valence-electron chi connectivity index (χ2n) is 6.53. The van der Waals surface area contributed by atoms with Gasteiger partial charge in [0.2, 0.25) is 5.95 Å². The van der Waals surface area contributed by atoms with Gasteiger partial charge in [0.05, 0.1) is 0 Å². The molecular weight excluding hydrogens is 332 g/mol. The molecule has 0 radical (unpaired) electrons. The second-order valence-corrected chi connectivity index (χ2v) is 6.53. The Morgan fingerprint density at radius 2 is 1.85 bits per heavy atom. The molecule has 1 fully saturated rings. The van der Waals surface area contributed by atoms with E-state index in [1.807, 2.05) is 22.8 Å². The first kappa shape index (κ1) is 16.6. The van der Waals surface area contributed by atoms with E-state index in [-0.39, 0.29) is 5.56 Å². The van der Waals surface area contributed by atoms with Crippen LogP contribution in [0.2, 0.25) is 0 Å². The number of nitrogens with one attached hydrogen (secondary N) is 2. The molecule has 0 atom stereocenters. The van der Waals surface area contributed by atoms with Gasteiger partial charge in [-0.1, -0.05) is 30.3 Å². The summed E-state index contributed by atoms with van der Waals surface area (Å²) in [6.45, 7) is 4.01. The van der Waals surface area contributed by atoms with Crippen molar-refractivity contribution in [3.05, 3.63) is 56.7 Å². The predicted molar refractivity (Wildman–Crippen MR) is 101 cm³/mol. The number of hydrogen-bond acceptors (Lipinski definition) is 5. The van der Waals surface area contributed by atoms with E-state index in [1.165, 1.54) is 10.1 Å². The molecule has 1 aliphatic rings. The summed E-state index contributed by atoms with van der Waals surface area (Å²) in [6.07, 6.45) is 0.785.